The molecule has 0 atom stereocenters. The molecule has 0 aliphatic rings. The Morgan fingerprint density at radius 3 is 1.90 bits per heavy atom. The Hall–Kier alpha value is -3.73. The van der Waals surface area contributed by atoms with Crippen LogP contribution >= 0.6 is 0 Å². The predicted molar refractivity (Wildman–Crippen MR) is 124 cm³/mol. The summed E-state index contributed by atoms with van der Waals surface area (Å²) < 4.78 is 0. The fourth-order valence-corrected chi connectivity index (χ4v) is 3.36. The van der Waals surface area contributed by atoms with Gasteiger partial charge in [0.05, 0.1) is 5.71 Å². The molecule has 0 saturated heterocycles. The number of ketones is 1. The molecule has 3 aromatic carbocycles. The van der Waals surface area contributed by atoms with Crippen LogP contribution in [0.2, 0.25) is 0 Å². The van der Waals surface area contributed by atoms with Crippen LogP contribution in [-0.2, 0) is 9.63 Å². The van der Waals surface area contributed by atoms with E-state index in [-0.39, 0.29) is 5.78 Å². The molecule has 0 heterocycles. The van der Waals surface area contributed by atoms with E-state index < -0.39 is 5.97 Å². The average Bonchev–Trinajstić information content (AvgIpc) is 2.79. The van der Waals surface area contributed by atoms with E-state index in [2.05, 4.69) is 17.0 Å². The second kappa shape index (κ2) is 9.85. The van der Waals surface area contributed by atoms with Crippen molar-refractivity contribution in [2.45, 2.75) is 27.7 Å². The normalized spacial score (nSPS) is 11.2. The van der Waals surface area contributed by atoms with Crippen LogP contribution in [0.3, 0.4) is 0 Å². The van der Waals surface area contributed by atoms with Crippen molar-refractivity contribution in [3.8, 4) is 0 Å². The lowest BCUT2D eigenvalue weighted by Crippen LogP contribution is -2.16. The predicted octanol–water partition coefficient (Wildman–Crippen LogP) is 5.67. The van der Waals surface area contributed by atoms with Gasteiger partial charge in [-0.15, -0.1) is 0 Å². The van der Waals surface area contributed by atoms with Crippen molar-refractivity contribution in [1.29, 1.82) is 0 Å². The number of oxime groups is 1. The molecule has 5 heteroatoms. The van der Waals surface area contributed by atoms with Gasteiger partial charge in [0.2, 0.25) is 0 Å². The van der Waals surface area contributed by atoms with Gasteiger partial charge < -0.3 is 9.74 Å². The number of benzene rings is 3. The molecule has 0 fully saturated rings. The second-order valence-electron chi connectivity index (χ2n) is 7.24. The van der Waals surface area contributed by atoms with Gasteiger partial charge in [0, 0.05) is 36.0 Å². The molecule has 0 saturated carbocycles. The number of carbonyl (C=O) groups is 2. The second-order valence-corrected chi connectivity index (χ2v) is 7.24. The Labute approximate surface area is 183 Å². The van der Waals surface area contributed by atoms with Gasteiger partial charge >= 0.3 is 5.97 Å². The molecular weight excluding hydrogens is 388 g/mol. The molecule has 5 nitrogen and oxygen atoms in total. The van der Waals surface area contributed by atoms with E-state index in [1.165, 1.54) is 6.92 Å². The Balaban J connectivity index is 1.80. The third-order valence-corrected chi connectivity index (χ3v) is 5.05. The third-order valence-electron chi connectivity index (χ3n) is 5.05. The highest BCUT2D eigenvalue weighted by Crippen LogP contribution is 2.26. The molecule has 0 spiro atoms. The van der Waals surface area contributed by atoms with Gasteiger partial charge in [0.25, 0.3) is 0 Å². The van der Waals surface area contributed by atoms with Crippen LogP contribution in [0.1, 0.15) is 47.8 Å². The zero-order valence-electron chi connectivity index (χ0n) is 18.3. The highest BCUT2D eigenvalue weighted by molar-refractivity contribution is 6.10. The molecule has 0 aromatic heterocycles. The van der Waals surface area contributed by atoms with Crippen LogP contribution in [0.5, 0.6) is 0 Å². The summed E-state index contributed by atoms with van der Waals surface area (Å²) >= 11 is 0. The maximum atomic E-state index is 12.8. The SMILES string of the molecule is CCN(c1ccc(C(=O)c2ccccc2C)cc1)c1ccc(/C(C)=N/OC(C)=O)cc1. The summed E-state index contributed by atoms with van der Waals surface area (Å²) in [4.78, 5) is 30.6. The summed E-state index contributed by atoms with van der Waals surface area (Å²) in [6.07, 6.45) is 0. The van der Waals surface area contributed by atoms with Gasteiger partial charge in [-0.2, -0.15) is 0 Å². The monoisotopic (exact) mass is 414 g/mol. The van der Waals surface area contributed by atoms with Crippen molar-refractivity contribution >= 4 is 28.8 Å². The van der Waals surface area contributed by atoms with E-state index in [0.29, 0.717) is 11.3 Å². The van der Waals surface area contributed by atoms with Crippen molar-refractivity contribution in [3.05, 3.63) is 95.1 Å². The first-order valence-electron chi connectivity index (χ1n) is 10.2. The van der Waals surface area contributed by atoms with Crippen molar-refractivity contribution < 1.29 is 14.4 Å². The van der Waals surface area contributed by atoms with Gasteiger partial charge in [-0.3, -0.25) is 4.79 Å². The molecule has 0 aliphatic heterocycles. The van der Waals surface area contributed by atoms with Crippen molar-refractivity contribution in [1.82, 2.24) is 0 Å². The van der Waals surface area contributed by atoms with E-state index in [9.17, 15) is 9.59 Å². The van der Waals surface area contributed by atoms with E-state index in [1.54, 1.807) is 6.92 Å². The molecule has 0 amide bonds. The Morgan fingerprint density at radius 2 is 1.39 bits per heavy atom. The van der Waals surface area contributed by atoms with E-state index in [0.717, 1.165) is 34.6 Å². The van der Waals surface area contributed by atoms with Crippen LogP contribution < -0.4 is 4.90 Å². The summed E-state index contributed by atoms with van der Waals surface area (Å²) in [5.74, 6) is -0.419. The Kier molecular flexibility index (Phi) is 6.98. The number of hydrogen-bond acceptors (Lipinski definition) is 5. The number of carbonyl (C=O) groups excluding carboxylic acids is 2. The molecule has 0 aliphatic carbocycles. The molecule has 3 rings (SSSR count). The van der Waals surface area contributed by atoms with Crippen molar-refractivity contribution in [3.63, 3.8) is 0 Å². The van der Waals surface area contributed by atoms with Crippen LogP contribution in [0, 0.1) is 6.92 Å². The smallest absolute Gasteiger partial charge is 0.331 e. The summed E-state index contributed by atoms with van der Waals surface area (Å²) in [7, 11) is 0. The Bertz CT molecular complexity index is 1100. The zero-order valence-corrected chi connectivity index (χ0v) is 18.3. The van der Waals surface area contributed by atoms with Crippen LogP contribution in [-0.4, -0.2) is 24.0 Å². The number of nitrogens with zero attached hydrogens (tertiary/aromatic N) is 2. The third kappa shape index (κ3) is 5.25. The first-order valence-corrected chi connectivity index (χ1v) is 10.2. The average molecular weight is 415 g/mol. The number of aryl methyl sites for hydroxylation is 1. The Morgan fingerprint density at radius 1 is 0.839 bits per heavy atom. The quantitative estimate of drug-likeness (QED) is 0.216. The zero-order chi connectivity index (χ0) is 22.4. The van der Waals surface area contributed by atoms with Crippen molar-refractivity contribution in [2.75, 3.05) is 11.4 Å². The summed E-state index contributed by atoms with van der Waals surface area (Å²) in [5.41, 5.74) is 5.89. The largest absolute Gasteiger partial charge is 0.342 e. The van der Waals surface area contributed by atoms with Gasteiger partial charge in [0.1, 0.15) is 0 Å². The number of rotatable bonds is 7. The summed E-state index contributed by atoms with van der Waals surface area (Å²) in [5, 5.41) is 3.83. The van der Waals surface area contributed by atoms with E-state index in [4.69, 9.17) is 4.84 Å². The molecule has 0 unspecified atom stereocenters. The highest BCUT2D eigenvalue weighted by atomic mass is 16.7. The lowest BCUT2D eigenvalue weighted by Gasteiger charge is -2.24. The molecule has 0 bridgehead atoms. The maximum Gasteiger partial charge on any atom is 0.331 e. The summed E-state index contributed by atoms with van der Waals surface area (Å²) in [6, 6.07) is 23.2. The minimum Gasteiger partial charge on any atom is -0.342 e. The molecule has 158 valence electrons. The molecule has 0 radical (unpaired) electrons. The number of anilines is 2. The van der Waals surface area contributed by atoms with Crippen LogP contribution in [0.25, 0.3) is 0 Å². The van der Waals surface area contributed by atoms with E-state index in [1.807, 2.05) is 79.7 Å². The maximum absolute atomic E-state index is 12.8. The standard InChI is InChI=1S/C26H26N2O3/c1-5-28(23-14-10-21(11-15-23)19(3)27-31-20(4)29)24-16-12-22(13-17-24)26(30)25-9-7-6-8-18(25)2/h6-17H,5H2,1-4H3/b27-19+. The van der Waals surface area contributed by atoms with Gasteiger partial charge in [0.15, 0.2) is 5.78 Å². The number of hydrogen-bond donors (Lipinski definition) is 0. The minimum absolute atomic E-state index is 0.0274. The van der Waals surface area contributed by atoms with Crippen molar-refractivity contribution in [2.24, 2.45) is 5.16 Å². The fourth-order valence-electron chi connectivity index (χ4n) is 3.36. The molecule has 0 N–H and O–H groups in total. The van der Waals surface area contributed by atoms with E-state index >= 15 is 0 Å². The lowest BCUT2D eigenvalue weighted by atomic mass is 9.99. The highest BCUT2D eigenvalue weighted by Gasteiger charge is 2.13. The first-order chi connectivity index (χ1) is 14.9. The minimum atomic E-state index is -0.447. The van der Waals surface area contributed by atoms with Gasteiger partial charge in [-0.05, 0) is 68.3 Å². The molecule has 31 heavy (non-hydrogen) atoms. The molecule has 3 aromatic rings. The summed E-state index contributed by atoms with van der Waals surface area (Å²) in [6.45, 7) is 7.90. The van der Waals surface area contributed by atoms with Gasteiger partial charge in [-0.25, -0.2) is 4.79 Å². The fraction of sp³-hybridized carbons (Fsp3) is 0.192. The van der Waals surface area contributed by atoms with Crippen LogP contribution in [0.15, 0.2) is 78.0 Å². The lowest BCUT2D eigenvalue weighted by molar-refractivity contribution is -0.140. The molecular formula is C26H26N2O3. The van der Waals surface area contributed by atoms with Crippen LogP contribution in [0.4, 0.5) is 11.4 Å². The first kappa shape index (κ1) is 22.0. The topological polar surface area (TPSA) is 59.0 Å². The van der Waals surface area contributed by atoms with Gasteiger partial charge in [-0.1, -0.05) is 41.6 Å².